The number of likely N-dealkylation sites (N-methyl/N-ethyl adjacent to an activating group) is 3. The fraction of sp³-hybridized carbons (Fsp3) is 0.280. The van der Waals surface area contributed by atoms with Crippen LogP contribution in [0.1, 0.15) is 11.1 Å². The van der Waals surface area contributed by atoms with Crippen LogP contribution in [0.3, 0.4) is 0 Å². The zero-order valence-electron chi connectivity index (χ0n) is 17.8. The summed E-state index contributed by atoms with van der Waals surface area (Å²) < 4.78 is 0. The maximum atomic E-state index is 13.3. The number of hydrogen-bond donors (Lipinski definition) is 2. The van der Waals surface area contributed by atoms with Crippen LogP contribution in [0.25, 0.3) is 10.8 Å². The SMILES string of the molecule is CNC(=O)C(Cc1ccccc1)N(C)C(=O)C(Cc1ccc2ccccc2c1)NC. The van der Waals surface area contributed by atoms with Gasteiger partial charge in [-0.25, -0.2) is 0 Å². The topological polar surface area (TPSA) is 61.4 Å². The maximum absolute atomic E-state index is 13.3. The van der Waals surface area contributed by atoms with Gasteiger partial charge in [0.1, 0.15) is 6.04 Å². The van der Waals surface area contributed by atoms with Gasteiger partial charge in [-0.15, -0.1) is 0 Å². The quantitative estimate of drug-likeness (QED) is 0.608. The van der Waals surface area contributed by atoms with E-state index < -0.39 is 12.1 Å². The molecule has 5 nitrogen and oxygen atoms in total. The van der Waals surface area contributed by atoms with E-state index in [9.17, 15) is 9.59 Å². The largest absolute Gasteiger partial charge is 0.357 e. The van der Waals surface area contributed by atoms with Crippen LogP contribution in [-0.4, -0.2) is 49.9 Å². The molecule has 3 aromatic rings. The second-order valence-electron chi connectivity index (χ2n) is 7.50. The molecule has 0 aliphatic rings. The highest BCUT2D eigenvalue weighted by atomic mass is 16.2. The van der Waals surface area contributed by atoms with Gasteiger partial charge in [-0.1, -0.05) is 72.8 Å². The van der Waals surface area contributed by atoms with Crippen molar-refractivity contribution in [2.45, 2.75) is 24.9 Å². The Bertz CT molecular complexity index is 1000. The molecule has 2 unspecified atom stereocenters. The molecule has 0 radical (unpaired) electrons. The van der Waals surface area contributed by atoms with E-state index in [0.717, 1.165) is 16.5 Å². The van der Waals surface area contributed by atoms with Crippen molar-refractivity contribution < 1.29 is 9.59 Å². The first-order chi connectivity index (χ1) is 14.5. The van der Waals surface area contributed by atoms with Crippen LogP contribution in [0.4, 0.5) is 0 Å². The molecule has 2 amide bonds. The normalized spacial score (nSPS) is 12.9. The highest BCUT2D eigenvalue weighted by Gasteiger charge is 2.30. The lowest BCUT2D eigenvalue weighted by molar-refractivity contribution is -0.140. The molecule has 0 saturated carbocycles. The fourth-order valence-corrected chi connectivity index (χ4v) is 3.72. The van der Waals surface area contributed by atoms with Crippen molar-refractivity contribution in [3.05, 3.63) is 83.9 Å². The van der Waals surface area contributed by atoms with E-state index in [1.165, 1.54) is 5.39 Å². The zero-order chi connectivity index (χ0) is 21.5. The summed E-state index contributed by atoms with van der Waals surface area (Å²) in [6.07, 6.45) is 1.02. The first-order valence-electron chi connectivity index (χ1n) is 10.2. The number of amides is 2. The van der Waals surface area contributed by atoms with Gasteiger partial charge in [0, 0.05) is 20.5 Å². The van der Waals surface area contributed by atoms with Gasteiger partial charge < -0.3 is 15.5 Å². The Morgan fingerprint density at radius 1 is 0.833 bits per heavy atom. The van der Waals surface area contributed by atoms with Crippen LogP contribution in [0.5, 0.6) is 0 Å². The molecule has 3 aromatic carbocycles. The number of carbonyl (C=O) groups is 2. The van der Waals surface area contributed by atoms with Crippen LogP contribution in [-0.2, 0) is 22.4 Å². The molecule has 0 fully saturated rings. The fourth-order valence-electron chi connectivity index (χ4n) is 3.72. The number of fused-ring (bicyclic) bond motifs is 1. The van der Waals surface area contributed by atoms with Gasteiger partial charge in [0.15, 0.2) is 0 Å². The molecule has 0 bridgehead atoms. The van der Waals surface area contributed by atoms with Gasteiger partial charge in [0.2, 0.25) is 11.8 Å². The number of benzene rings is 3. The zero-order valence-corrected chi connectivity index (χ0v) is 17.8. The minimum Gasteiger partial charge on any atom is -0.357 e. The van der Waals surface area contributed by atoms with Crippen LogP contribution >= 0.6 is 0 Å². The lowest BCUT2D eigenvalue weighted by atomic mass is 9.99. The standard InChI is InChI=1S/C25H29N3O2/c1-26-22(16-19-13-14-20-11-7-8-12-21(20)15-19)25(30)28(3)23(24(29)27-2)17-18-9-5-4-6-10-18/h4-15,22-23,26H,16-17H2,1-3H3,(H,27,29). The summed E-state index contributed by atoms with van der Waals surface area (Å²) in [5.41, 5.74) is 2.09. The van der Waals surface area contributed by atoms with Crippen LogP contribution < -0.4 is 10.6 Å². The van der Waals surface area contributed by atoms with E-state index in [1.807, 2.05) is 42.5 Å². The Kier molecular flexibility index (Phi) is 7.20. The Balaban J connectivity index is 1.78. The van der Waals surface area contributed by atoms with Crippen LogP contribution in [0.15, 0.2) is 72.8 Å². The van der Waals surface area contributed by atoms with Crippen molar-refractivity contribution in [1.82, 2.24) is 15.5 Å². The Hall–Kier alpha value is -3.18. The lowest BCUT2D eigenvalue weighted by Crippen LogP contribution is -2.53. The third kappa shape index (κ3) is 5.05. The molecule has 2 N–H and O–H groups in total. The van der Waals surface area contributed by atoms with Gasteiger partial charge in [0.05, 0.1) is 6.04 Å². The molecule has 5 heteroatoms. The van der Waals surface area contributed by atoms with E-state index >= 15 is 0 Å². The highest BCUT2D eigenvalue weighted by Crippen LogP contribution is 2.18. The van der Waals surface area contributed by atoms with E-state index in [1.54, 1.807) is 26.0 Å². The monoisotopic (exact) mass is 403 g/mol. The van der Waals surface area contributed by atoms with E-state index in [0.29, 0.717) is 12.8 Å². The van der Waals surface area contributed by atoms with Gasteiger partial charge in [-0.3, -0.25) is 9.59 Å². The minimum absolute atomic E-state index is 0.102. The van der Waals surface area contributed by atoms with E-state index in [2.05, 4.69) is 41.0 Å². The smallest absolute Gasteiger partial charge is 0.242 e. The van der Waals surface area contributed by atoms with Gasteiger partial charge in [-0.2, -0.15) is 0 Å². The molecule has 0 aliphatic heterocycles. The van der Waals surface area contributed by atoms with Crippen molar-refractivity contribution in [2.75, 3.05) is 21.1 Å². The summed E-state index contributed by atoms with van der Waals surface area (Å²) in [7, 11) is 5.09. The van der Waals surface area contributed by atoms with Crippen LogP contribution in [0, 0.1) is 0 Å². The summed E-state index contributed by atoms with van der Waals surface area (Å²) in [6, 6.07) is 23.2. The number of hydrogen-bond acceptors (Lipinski definition) is 3. The van der Waals surface area contributed by atoms with Crippen molar-refractivity contribution in [3.63, 3.8) is 0 Å². The summed E-state index contributed by atoms with van der Waals surface area (Å²) >= 11 is 0. The third-order valence-electron chi connectivity index (χ3n) is 5.54. The van der Waals surface area contributed by atoms with Crippen molar-refractivity contribution in [2.24, 2.45) is 0 Å². The molecule has 0 aliphatic carbocycles. The summed E-state index contributed by atoms with van der Waals surface area (Å²) in [5.74, 6) is -0.273. The van der Waals surface area contributed by atoms with Gasteiger partial charge in [0.25, 0.3) is 0 Å². The molecular formula is C25H29N3O2. The van der Waals surface area contributed by atoms with Crippen molar-refractivity contribution in [1.29, 1.82) is 0 Å². The molecule has 30 heavy (non-hydrogen) atoms. The third-order valence-corrected chi connectivity index (χ3v) is 5.54. The summed E-state index contributed by atoms with van der Waals surface area (Å²) in [6.45, 7) is 0. The molecule has 0 saturated heterocycles. The lowest BCUT2D eigenvalue weighted by Gasteiger charge is -2.30. The Morgan fingerprint density at radius 3 is 2.17 bits per heavy atom. The first-order valence-corrected chi connectivity index (χ1v) is 10.2. The summed E-state index contributed by atoms with van der Waals surface area (Å²) in [5, 5.41) is 8.15. The average Bonchev–Trinajstić information content (AvgIpc) is 2.80. The van der Waals surface area contributed by atoms with Crippen molar-refractivity contribution >= 4 is 22.6 Å². The number of rotatable bonds is 8. The number of carbonyl (C=O) groups excluding carboxylic acids is 2. The number of nitrogens with one attached hydrogen (secondary N) is 2. The van der Waals surface area contributed by atoms with Gasteiger partial charge in [-0.05, 0) is 35.4 Å². The molecule has 3 rings (SSSR count). The average molecular weight is 404 g/mol. The predicted molar refractivity (Wildman–Crippen MR) is 121 cm³/mol. The predicted octanol–water partition coefficient (Wildman–Crippen LogP) is 2.79. The van der Waals surface area contributed by atoms with E-state index in [4.69, 9.17) is 0 Å². The summed E-state index contributed by atoms with van der Waals surface area (Å²) in [4.78, 5) is 27.4. The van der Waals surface area contributed by atoms with Crippen molar-refractivity contribution in [3.8, 4) is 0 Å². The van der Waals surface area contributed by atoms with Gasteiger partial charge >= 0.3 is 0 Å². The second-order valence-corrected chi connectivity index (χ2v) is 7.50. The van der Waals surface area contributed by atoms with Crippen LogP contribution in [0.2, 0.25) is 0 Å². The molecule has 156 valence electrons. The molecule has 0 aromatic heterocycles. The highest BCUT2D eigenvalue weighted by molar-refractivity contribution is 5.90. The Labute approximate surface area is 178 Å². The molecule has 2 atom stereocenters. The number of nitrogens with zero attached hydrogens (tertiary/aromatic N) is 1. The maximum Gasteiger partial charge on any atom is 0.242 e. The first kappa shape index (κ1) is 21.5. The second kappa shape index (κ2) is 10.0. The molecule has 0 heterocycles. The van der Waals surface area contributed by atoms with E-state index in [-0.39, 0.29) is 11.8 Å². The molecule has 0 spiro atoms. The Morgan fingerprint density at radius 2 is 1.50 bits per heavy atom. The molecular weight excluding hydrogens is 374 g/mol. The minimum atomic E-state index is -0.572.